The summed E-state index contributed by atoms with van der Waals surface area (Å²) < 4.78 is 22.2. The second kappa shape index (κ2) is 2.83. The van der Waals surface area contributed by atoms with Crippen LogP contribution in [0.25, 0.3) is 0 Å². The van der Waals surface area contributed by atoms with Crippen molar-refractivity contribution in [2.45, 2.75) is 0 Å². The molecule has 1 aliphatic heterocycles. The van der Waals surface area contributed by atoms with E-state index < -0.39 is 15.9 Å². The number of amides is 1. The van der Waals surface area contributed by atoms with Gasteiger partial charge < -0.3 is 0 Å². The SMILES string of the molecule is O=C1C=CS(=O)(=O)N1.[Na]. The Labute approximate surface area is 74.7 Å². The summed E-state index contributed by atoms with van der Waals surface area (Å²) in [6.07, 6.45) is 0.968. The predicted octanol–water partition coefficient (Wildman–Crippen LogP) is -1.42. The van der Waals surface area contributed by atoms with Crippen LogP contribution in [0.15, 0.2) is 11.5 Å². The van der Waals surface area contributed by atoms with Crippen molar-refractivity contribution < 1.29 is 13.2 Å². The van der Waals surface area contributed by atoms with Crippen molar-refractivity contribution in [3.8, 4) is 0 Å². The Kier molecular flexibility index (Phi) is 2.88. The normalized spacial score (nSPS) is 20.7. The quantitative estimate of drug-likeness (QED) is 0.438. The minimum Gasteiger partial charge on any atom is -0.269 e. The van der Waals surface area contributed by atoms with Crippen molar-refractivity contribution in [3.05, 3.63) is 11.5 Å². The Morgan fingerprint density at radius 1 is 1.44 bits per heavy atom. The number of carbonyl (C=O) groups excluding carboxylic acids is 1. The first-order valence-corrected chi connectivity index (χ1v) is 3.40. The fourth-order valence-electron chi connectivity index (χ4n) is 0.360. The van der Waals surface area contributed by atoms with Crippen molar-refractivity contribution >= 4 is 45.5 Å². The molecule has 1 amide bonds. The molecule has 1 heterocycles. The first-order valence-electron chi connectivity index (χ1n) is 1.85. The van der Waals surface area contributed by atoms with Gasteiger partial charge in [-0.05, 0) is 0 Å². The molecule has 0 spiro atoms. The zero-order chi connectivity index (χ0) is 6.20. The van der Waals surface area contributed by atoms with Crippen LogP contribution < -0.4 is 4.72 Å². The third-order valence-electron chi connectivity index (χ3n) is 0.641. The molecular formula is C3H3NNaO3S. The first kappa shape index (κ1) is 9.16. The van der Waals surface area contributed by atoms with Crippen molar-refractivity contribution in [3.63, 3.8) is 0 Å². The number of carbonyl (C=O) groups is 1. The van der Waals surface area contributed by atoms with Gasteiger partial charge in [0.1, 0.15) is 0 Å². The van der Waals surface area contributed by atoms with Gasteiger partial charge in [0.25, 0.3) is 15.9 Å². The molecule has 0 saturated heterocycles. The van der Waals surface area contributed by atoms with Crippen molar-refractivity contribution in [1.29, 1.82) is 0 Å². The van der Waals surface area contributed by atoms with Gasteiger partial charge in [-0.1, -0.05) is 0 Å². The van der Waals surface area contributed by atoms with E-state index in [1.807, 2.05) is 0 Å². The van der Waals surface area contributed by atoms with Crippen LogP contribution in [0.4, 0.5) is 0 Å². The van der Waals surface area contributed by atoms with E-state index in [-0.39, 0.29) is 29.6 Å². The summed E-state index contributed by atoms with van der Waals surface area (Å²) in [5.41, 5.74) is 0. The summed E-state index contributed by atoms with van der Waals surface area (Å²) >= 11 is 0. The molecule has 0 aromatic carbocycles. The smallest absolute Gasteiger partial charge is 0.258 e. The fraction of sp³-hybridized carbons (Fsp3) is 0. The summed E-state index contributed by atoms with van der Waals surface area (Å²) in [6.45, 7) is 0. The molecule has 1 N–H and O–H groups in total. The molecule has 1 rings (SSSR count). The van der Waals surface area contributed by atoms with Crippen molar-refractivity contribution in [1.82, 2.24) is 4.72 Å². The van der Waals surface area contributed by atoms with E-state index in [4.69, 9.17) is 0 Å². The molecule has 9 heavy (non-hydrogen) atoms. The minimum absolute atomic E-state index is 0. The standard InChI is InChI=1S/C3H3NO3S.Na/c5-3-1-2-8(6,7)4-3;/h1-2H,(H,4,5);. The van der Waals surface area contributed by atoms with Crippen LogP contribution in [0.3, 0.4) is 0 Å². The number of sulfonamides is 1. The molecule has 45 valence electrons. The maximum atomic E-state index is 10.2. The van der Waals surface area contributed by atoms with Crippen LogP contribution in [0, 0.1) is 0 Å². The Bertz CT molecular complexity index is 242. The first-order chi connectivity index (χ1) is 3.60. The Hall–Kier alpha value is 0.160. The third-order valence-corrected chi connectivity index (χ3v) is 1.62. The maximum Gasteiger partial charge on any atom is 0.258 e. The monoisotopic (exact) mass is 156 g/mol. The maximum absolute atomic E-state index is 10.2. The van der Waals surface area contributed by atoms with Crippen LogP contribution in [-0.2, 0) is 14.8 Å². The zero-order valence-corrected chi connectivity index (χ0v) is 7.60. The molecule has 1 radical (unpaired) electrons. The average molecular weight is 156 g/mol. The van der Waals surface area contributed by atoms with Gasteiger partial charge in [-0.2, -0.15) is 0 Å². The third kappa shape index (κ3) is 2.49. The molecule has 1 aliphatic rings. The summed E-state index contributed by atoms with van der Waals surface area (Å²) in [5, 5.41) is 0.829. The molecule has 0 aromatic heterocycles. The molecule has 0 unspecified atom stereocenters. The number of hydrogen-bond acceptors (Lipinski definition) is 3. The molecule has 0 aliphatic carbocycles. The van der Waals surface area contributed by atoms with E-state index in [1.54, 1.807) is 4.72 Å². The molecular weight excluding hydrogens is 153 g/mol. The van der Waals surface area contributed by atoms with Crippen molar-refractivity contribution in [2.24, 2.45) is 0 Å². The van der Waals surface area contributed by atoms with E-state index in [0.29, 0.717) is 0 Å². The Balaban J connectivity index is 0.000000640. The largest absolute Gasteiger partial charge is 0.269 e. The number of nitrogens with one attached hydrogen (secondary N) is 1. The topological polar surface area (TPSA) is 63.2 Å². The van der Waals surface area contributed by atoms with Gasteiger partial charge >= 0.3 is 0 Å². The van der Waals surface area contributed by atoms with Gasteiger partial charge in [-0.15, -0.1) is 0 Å². The Morgan fingerprint density at radius 2 is 2.00 bits per heavy atom. The summed E-state index contributed by atoms with van der Waals surface area (Å²) in [6, 6.07) is 0. The van der Waals surface area contributed by atoms with Gasteiger partial charge in [-0.25, -0.2) is 13.1 Å². The van der Waals surface area contributed by atoms with Gasteiger partial charge in [0.05, 0.1) is 5.41 Å². The van der Waals surface area contributed by atoms with E-state index >= 15 is 0 Å². The van der Waals surface area contributed by atoms with E-state index in [9.17, 15) is 13.2 Å². The van der Waals surface area contributed by atoms with Crippen LogP contribution in [0.2, 0.25) is 0 Å². The number of rotatable bonds is 0. The molecule has 0 saturated carbocycles. The zero-order valence-electron chi connectivity index (χ0n) is 4.79. The molecule has 0 fully saturated rings. The van der Waals surface area contributed by atoms with Crippen LogP contribution in [0.5, 0.6) is 0 Å². The van der Waals surface area contributed by atoms with E-state index in [1.165, 1.54) is 0 Å². The average Bonchev–Trinajstić information content (AvgIpc) is 1.82. The summed E-state index contributed by atoms with van der Waals surface area (Å²) in [4.78, 5) is 10.1. The fourth-order valence-corrected chi connectivity index (χ4v) is 1.08. The second-order valence-electron chi connectivity index (χ2n) is 1.31. The molecule has 6 heteroatoms. The molecule has 0 atom stereocenters. The second-order valence-corrected chi connectivity index (χ2v) is 2.88. The van der Waals surface area contributed by atoms with E-state index in [2.05, 4.69) is 0 Å². The minimum atomic E-state index is -3.38. The molecule has 0 aromatic rings. The van der Waals surface area contributed by atoms with Crippen molar-refractivity contribution in [2.75, 3.05) is 0 Å². The molecule has 4 nitrogen and oxygen atoms in total. The van der Waals surface area contributed by atoms with Gasteiger partial charge in [-0.3, -0.25) is 4.79 Å². The Morgan fingerprint density at radius 3 is 2.11 bits per heavy atom. The summed E-state index contributed by atoms with van der Waals surface area (Å²) in [7, 11) is -3.38. The van der Waals surface area contributed by atoms with E-state index in [0.717, 1.165) is 11.5 Å². The molecule has 0 bridgehead atoms. The number of hydrogen-bond donors (Lipinski definition) is 1. The van der Waals surface area contributed by atoms with Gasteiger partial charge in [0.2, 0.25) is 0 Å². The van der Waals surface area contributed by atoms with Crippen LogP contribution in [-0.4, -0.2) is 43.9 Å². The van der Waals surface area contributed by atoms with Crippen LogP contribution >= 0.6 is 0 Å². The predicted molar refractivity (Wildman–Crippen MR) is 32.0 cm³/mol. The van der Waals surface area contributed by atoms with Gasteiger partial charge in [0.15, 0.2) is 0 Å². The van der Waals surface area contributed by atoms with Crippen LogP contribution in [0.1, 0.15) is 0 Å². The van der Waals surface area contributed by atoms with Gasteiger partial charge in [0, 0.05) is 35.6 Å². The summed E-state index contributed by atoms with van der Waals surface area (Å²) in [5.74, 6) is -0.579.